The lowest BCUT2D eigenvalue weighted by Crippen LogP contribution is -2.63. The van der Waals surface area contributed by atoms with Crippen LogP contribution in [0.1, 0.15) is 18.9 Å². The molecule has 1 aromatic heterocycles. The molecule has 2 N–H and O–H groups in total. The van der Waals surface area contributed by atoms with Crippen molar-refractivity contribution < 1.29 is 19.8 Å². The van der Waals surface area contributed by atoms with Gasteiger partial charge in [0, 0.05) is 34.6 Å². The maximum Gasteiger partial charge on any atom is 0.353 e. The molecule has 0 aliphatic carbocycles. The highest BCUT2D eigenvalue weighted by Crippen LogP contribution is 2.50. The first-order chi connectivity index (χ1) is 10.9. The summed E-state index contributed by atoms with van der Waals surface area (Å²) in [5, 5.41) is 22.2. The minimum absolute atomic E-state index is 0.0697. The smallest absolute Gasteiger partial charge is 0.353 e. The van der Waals surface area contributed by atoms with Crippen molar-refractivity contribution in [1.29, 1.82) is 0 Å². The first-order valence-corrected chi connectivity index (χ1v) is 9.29. The third-order valence-corrected chi connectivity index (χ3v) is 6.49. The van der Waals surface area contributed by atoms with Crippen molar-refractivity contribution in [2.24, 2.45) is 11.8 Å². The van der Waals surface area contributed by atoms with Crippen molar-refractivity contribution in [3.8, 4) is 0 Å². The molecule has 4 atom stereocenters. The van der Waals surface area contributed by atoms with E-state index in [1.54, 1.807) is 24.5 Å². The molecular formula is C15H18N2O4S2. The minimum Gasteiger partial charge on any atom is -0.477 e. The number of thioether (sulfide) groups is 1. The molecule has 0 radical (unpaired) electrons. The van der Waals surface area contributed by atoms with Crippen LogP contribution in [0.2, 0.25) is 0 Å². The molecule has 1 aromatic rings. The Hall–Kier alpha value is -1.38. The lowest BCUT2D eigenvalue weighted by Gasteiger charge is -2.46. The Bertz CT molecular complexity index is 656. The second-order valence-electron chi connectivity index (χ2n) is 5.80. The van der Waals surface area contributed by atoms with Gasteiger partial charge in [0.1, 0.15) is 5.70 Å². The number of hydrogen-bond acceptors (Lipinski definition) is 6. The van der Waals surface area contributed by atoms with Gasteiger partial charge in [-0.3, -0.25) is 4.79 Å². The number of carboxylic acids is 1. The number of β-lactam (4-membered cyclic amide) rings is 1. The van der Waals surface area contributed by atoms with E-state index in [0.29, 0.717) is 0 Å². The Morgan fingerprint density at radius 2 is 2.30 bits per heavy atom. The number of aryl methyl sites for hydroxylation is 1. The van der Waals surface area contributed by atoms with E-state index < -0.39 is 18.0 Å². The van der Waals surface area contributed by atoms with Crippen molar-refractivity contribution >= 4 is 35.0 Å². The number of carbonyl (C=O) groups excluding carboxylic acids is 1. The topological polar surface area (TPSA) is 90.7 Å². The van der Waals surface area contributed by atoms with Crippen LogP contribution in [0.4, 0.5) is 0 Å². The zero-order chi connectivity index (χ0) is 16.7. The fourth-order valence-corrected chi connectivity index (χ4v) is 5.33. The van der Waals surface area contributed by atoms with Gasteiger partial charge in [0.15, 0.2) is 0 Å². The van der Waals surface area contributed by atoms with Gasteiger partial charge < -0.3 is 15.1 Å². The molecule has 6 nitrogen and oxygen atoms in total. The van der Waals surface area contributed by atoms with Crippen molar-refractivity contribution in [2.75, 3.05) is 5.75 Å². The van der Waals surface area contributed by atoms with Crippen LogP contribution in [-0.2, 0) is 16.0 Å². The van der Waals surface area contributed by atoms with E-state index in [-0.39, 0.29) is 23.6 Å². The average Bonchev–Trinajstić information content (AvgIpc) is 3.05. The number of carbonyl (C=O) groups is 2. The van der Waals surface area contributed by atoms with Crippen LogP contribution in [0.5, 0.6) is 0 Å². The lowest BCUT2D eigenvalue weighted by atomic mass is 9.79. The largest absolute Gasteiger partial charge is 0.477 e. The van der Waals surface area contributed by atoms with Crippen LogP contribution in [0.25, 0.3) is 0 Å². The summed E-state index contributed by atoms with van der Waals surface area (Å²) < 4.78 is 0. The number of fused-ring (bicyclic) bond motifs is 1. The number of hydrogen-bond donors (Lipinski definition) is 2. The summed E-state index contributed by atoms with van der Waals surface area (Å²) in [5.41, 5.74) is 0.0912. The monoisotopic (exact) mass is 354 g/mol. The van der Waals surface area contributed by atoms with Gasteiger partial charge in [0.05, 0.1) is 23.1 Å². The molecule has 0 aromatic carbocycles. The third kappa shape index (κ3) is 2.68. The number of amides is 1. The SMILES string of the molecule is C[C@@H](O)[C@H]1C(=O)N2C(C(=O)O)=C(SCCc3nccs3)[C@H](C)[C@H]12. The number of aliphatic carboxylic acids is 1. The highest BCUT2D eigenvalue weighted by molar-refractivity contribution is 8.03. The molecule has 1 fully saturated rings. The van der Waals surface area contributed by atoms with Crippen molar-refractivity contribution in [3.63, 3.8) is 0 Å². The quantitative estimate of drug-likeness (QED) is 0.754. The Morgan fingerprint density at radius 1 is 1.57 bits per heavy atom. The van der Waals surface area contributed by atoms with Crippen LogP contribution in [-0.4, -0.2) is 49.9 Å². The zero-order valence-corrected chi connectivity index (χ0v) is 14.4. The van der Waals surface area contributed by atoms with Gasteiger partial charge in [0.25, 0.3) is 0 Å². The molecule has 2 aliphatic heterocycles. The van der Waals surface area contributed by atoms with Crippen LogP contribution in [0, 0.1) is 11.8 Å². The molecular weight excluding hydrogens is 336 g/mol. The fraction of sp³-hybridized carbons (Fsp3) is 0.533. The molecule has 1 saturated heterocycles. The molecule has 0 unspecified atom stereocenters. The highest BCUT2D eigenvalue weighted by Gasteiger charge is 2.59. The van der Waals surface area contributed by atoms with E-state index >= 15 is 0 Å². The second-order valence-corrected chi connectivity index (χ2v) is 7.91. The summed E-state index contributed by atoms with van der Waals surface area (Å²) in [4.78, 5) is 30.1. The predicted molar refractivity (Wildman–Crippen MR) is 87.9 cm³/mol. The number of aromatic nitrogens is 1. The minimum atomic E-state index is -1.08. The first-order valence-electron chi connectivity index (χ1n) is 7.43. The molecule has 23 heavy (non-hydrogen) atoms. The molecule has 0 bridgehead atoms. The zero-order valence-electron chi connectivity index (χ0n) is 12.8. The third-order valence-electron chi connectivity index (χ3n) is 4.37. The summed E-state index contributed by atoms with van der Waals surface area (Å²) in [6.45, 7) is 3.52. The number of aliphatic hydroxyl groups is 1. The van der Waals surface area contributed by atoms with E-state index in [1.807, 2.05) is 12.3 Å². The predicted octanol–water partition coefficient (Wildman–Crippen LogP) is 1.57. The lowest BCUT2D eigenvalue weighted by molar-refractivity contribution is -0.163. The van der Waals surface area contributed by atoms with E-state index in [9.17, 15) is 19.8 Å². The Kier molecular flexibility index (Phi) is 4.48. The van der Waals surface area contributed by atoms with E-state index in [2.05, 4.69) is 4.98 Å². The van der Waals surface area contributed by atoms with Crippen LogP contribution in [0.3, 0.4) is 0 Å². The van der Waals surface area contributed by atoms with Gasteiger partial charge in [-0.2, -0.15) is 0 Å². The summed E-state index contributed by atoms with van der Waals surface area (Å²) >= 11 is 3.06. The maximum atomic E-state index is 12.2. The highest BCUT2D eigenvalue weighted by atomic mass is 32.2. The van der Waals surface area contributed by atoms with E-state index in [1.165, 1.54) is 16.7 Å². The molecule has 8 heteroatoms. The standard InChI is InChI=1S/C15H18N2O4S2/c1-7-11-10(8(2)18)14(19)17(11)12(15(20)21)13(7)23-5-3-9-16-4-6-22-9/h4,6-8,10-11,18H,3,5H2,1-2H3,(H,20,21)/t7-,8-,10-,11-/m1/s1. The summed E-state index contributed by atoms with van der Waals surface area (Å²) in [6, 6.07) is -0.240. The number of carboxylic acid groups (broad SMARTS) is 1. The van der Waals surface area contributed by atoms with Gasteiger partial charge in [0.2, 0.25) is 5.91 Å². The van der Waals surface area contributed by atoms with Crippen molar-refractivity contribution in [1.82, 2.24) is 9.88 Å². The molecule has 1 amide bonds. The summed E-state index contributed by atoms with van der Waals surface area (Å²) in [7, 11) is 0. The van der Waals surface area contributed by atoms with Gasteiger partial charge >= 0.3 is 5.97 Å². The van der Waals surface area contributed by atoms with Gasteiger partial charge in [-0.05, 0) is 6.92 Å². The molecule has 3 heterocycles. The van der Waals surface area contributed by atoms with Crippen LogP contribution in [0.15, 0.2) is 22.2 Å². The van der Waals surface area contributed by atoms with Gasteiger partial charge in [-0.1, -0.05) is 6.92 Å². The fourth-order valence-electron chi connectivity index (χ4n) is 3.34. The number of aliphatic hydroxyl groups excluding tert-OH is 1. The summed E-state index contributed by atoms with van der Waals surface area (Å²) in [5.74, 6) is -1.22. The Labute approximate surface area is 142 Å². The summed E-state index contributed by atoms with van der Waals surface area (Å²) in [6.07, 6.45) is 1.76. The molecule has 124 valence electrons. The number of nitrogens with zero attached hydrogens (tertiary/aromatic N) is 2. The van der Waals surface area contributed by atoms with E-state index in [4.69, 9.17) is 0 Å². The Balaban J connectivity index is 1.77. The maximum absolute atomic E-state index is 12.2. The van der Waals surface area contributed by atoms with E-state index in [0.717, 1.165) is 22.1 Å². The Morgan fingerprint density at radius 3 is 2.87 bits per heavy atom. The number of rotatable bonds is 6. The first kappa shape index (κ1) is 16.5. The van der Waals surface area contributed by atoms with Gasteiger partial charge in [-0.25, -0.2) is 9.78 Å². The second kappa shape index (κ2) is 6.26. The van der Waals surface area contributed by atoms with Crippen LogP contribution >= 0.6 is 23.1 Å². The molecule has 0 saturated carbocycles. The van der Waals surface area contributed by atoms with Crippen molar-refractivity contribution in [3.05, 3.63) is 27.2 Å². The van der Waals surface area contributed by atoms with Gasteiger partial charge in [-0.15, -0.1) is 23.1 Å². The van der Waals surface area contributed by atoms with Crippen LogP contribution < -0.4 is 0 Å². The number of thiazole rings is 1. The molecule has 2 aliphatic rings. The van der Waals surface area contributed by atoms with Crippen molar-refractivity contribution in [2.45, 2.75) is 32.4 Å². The molecule has 3 rings (SSSR count). The molecule has 0 spiro atoms. The normalized spacial score (nSPS) is 27.9. The average molecular weight is 354 g/mol.